The van der Waals surface area contributed by atoms with Crippen molar-refractivity contribution in [3.8, 4) is 0 Å². The molecule has 0 saturated carbocycles. The molecule has 0 heterocycles. The van der Waals surface area contributed by atoms with E-state index >= 15 is 0 Å². The highest BCUT2D eigenvalue weighted by atomic mass is 16.1. The van der Waals surface area contributed by atoms with Crippen molar-refractivity contribution in [3.63, 3.8) is 0 Å². The van der Waals surface area contributed by atoms with Gasteiger partial charge >= 0.3 is 0 Å². The zero-order valence-corrected chi connectivity index (χ0v) is 5.81. The molecule has 1 heteroatoms. The molecule has 0 spiro atoms. The van der Waals surface area contributed by atoms with Gasteiger partial charge < -0.3 is 0 Å². The van der Waals surface area contributed by atoms with Gasteiger partial charge in [0.05, 0.1) is 0 Å². The largest absolute Gasteiger partial charge is 0.299 e. The third-order valence-corrected chi connectivity index (χ3v) is 0.871. The Balaban J connectivity index is 3.50. The van der Waals surface area contributed by atoms with Crippen molar-refractivity contribution in [2.75, 3.05) is 0 Å². The Labute approximate surface area is 56.1 Å². The molecule has 0 aliphatic carbocycles. The van der Waals surface area contributed by atoms with E-state index in [0.717, 1.165) is 5.57 Å². The Bertz CT molecular complexity index is 134. The van der Waals surface area contributed by atoms with E-state index in [0.29, 0.717) is 12.8 Å². The zero-order chi connectivity index (χ0) is 7.28. The van der Waals surface area contributed by atoms with E-state index in [2.05, 4.69) is 13.2 Å². The molecule has 1 nitrogen and oxygen atoms in total. The van der Waals surface area contributed by atoms with Crippen molar-refractivity contribution in [3.05, 3.63) is 24.8 Å². The molecule has 0 aromatic rings. The van der Waals surface area contributed by atoms with Crippen LogP contribution in [0, 0.1) is 0 Å². The average molecular weight is 124 g/mol. The Morgan fingerprint density at radius 3 is 2.56 bits per heavy atom. The molecule has 0 atom stereocenters. The molecule has 0 fully saturated rings. The van der Waals surface area contributed by atoms with Gasteiger partial charge in [-0.05, 0) is 6.92 Å². The van der Waals surface area contributed by atoms with Crippen LogP contribution in [0.4, 0.5) is 0 Å². The standard InChI is InChI=1S/C8H12O/c1-4-5-8(9)6-7(2)3/h4H,1-2,5-6H2,3H3. The van der Waals surface area contributed by atoms with Crippen LogP contribution in [-0.4, -0.2) is 5.78 Å². The average Bonchev–Trinajstić information content (AvgIpc) is 1.63. The summed E-state index contributed by atoms with van der Waals surface area (Å²) in [7, 11) is 0. The summed E-state index contributed by atoms with van der Waals surface area (Å²) in [4.78, 5) is 10.7. The van der Waals surface area contributed by atoms with Crippen LogP contribution in [0.3, 0.4) is 0 Å². The maximum atomic E-state index is 10.7. The fourth-order valence-corrected chi connectivity index (χ4v) is 0.570. The summed E-state index contributed by atoms with van der Waals surface area (Å²) in [6.45, 7) is 8.93. The summed E-state index contributed by atoms with van der Waals surface area (Å²) in [6.07, 6.45) is 2.57. The lowest BCUT2D eigenvalue weighted by molar-refractivity contribution is -0.117. The predicted octanol–water partition coefficient (Wildman–Crippen LogP) is 2.10. The number of hydrogen-bond acceptors (Lipinski definition) is 1. The van der Waals surface area contributed by atoms with Gasteiger partial charge in [0.2, 0.25) is 0 Å². The third kappa shape index (κ3) is 5.01. The van der Waals surface area contributed by atoms with Gasteiger partial charge in [-0.15, -0.1) is 6.58 Å². The minimum Gasteiger partial charge on any atom is -0.299 e. The van der Waals surface area contributed by atoms with E-state index in [9.17, 15) is 4.79 Å². The second kappa shape index (κ2) is 4.07. The Hall–Kier alpha value is -0.850. The molecule has 0 radical (unpaired) electrons. The Morgan fingerprint density at radius 2 is 2.22 bits per heavy atom. The molecule has 0 aromatic heterocycles. The highest BCUT2D eigenvalue weighted by molar-refractivity contribution is 5.81. The van der Waals surface area contributed by atoms with Crippen LogP contribution in [0.1, 0.15) is 19.8 Å². The molecule has 0 amide bonds. The first kappa shape index (κ1) is 8.15. The second-order valence-corrected chi connectivity index (χ2v) is 2.17. The Morgan fingerprint density at radius 1 is 1.67 bits per heavy atom. The minimum atomic E-state index is 0.192. The van der Waals surface area contributed by atoms with E-state index in [4.69, 9.17) is 0 Å². The summed E-state index contributed by atoms with van der Waals surface area (Å²) >= 11 is 0. The maximum Gasteiger partial charge on any atom is 0.140 e. The van der Waals surface area contributed by atoms with Crippen LogP contribution in [0.25, 0.3) is 0 Å². The van der Waals surface area contributed by atoms with Crippen molar-refractivity contribution in [2.45, 2.75) is 19.8 Å². The summed E-state index contributed by atoms with van der Waals surface area (Å²) in [5.41, 5.74) is 0.918. The van der Waals surface area contributed by atoms with Gasteiger partial charge in [0.25, 0.3) is 0 Å². The molecule has 0 saturated heterocycles. The SMILES string of the molecule is C=CCC(=O)CC(=C)C. The van der Waals surface area contributed by atoms with Crippen LogP contribution >= 0.6 is 0 Å². The van der Waals surface area contributed by atoms with Gasteiger partial charge in [-0.25, -0.2) is 0 Å². The zero-order valence-electron chi connectivity index (χ0n) is 5.81. The maximum absolute atomic E-state index is 10.7. The monoisotopic (exact) mass is 124 g/mol. The molecule has 0 aromatic carbocycles. The topological polar surface area (TPSA) is 17.1 Å². The van der Waals surface area contributed by atoms with E-state index in [1.807, 2.05) is 6.92 Å². The number of hydrogen-bond donors (Lipinski definition) is 0. The van der Waals surface area contributed by atoms with Crippen molar-refractivity contribution in [1.82, 2.24) is 0 Å². The predicted molar refractivity (Wildman–Crippen MR) is 39.3 cm³/mol. The van der Waals surface area contributed by atoms with Crippen LogP contribution < -0.4 is 0 Å². The lowest BCUT2D eigenvalue weighted by atomic mass is 10.1. The van der Waals surface area contributed by atoms with Gasteiger partial charge in [-0.1, -0.05) is 18.2 Å². The molecule has 0 aliphatic heterocycles. The van der Waals surface area contributed by atoms with E-state index in [1.54, 1.807) is 6.08 Å². The lowest BCUT2D eigenvalue weighted by Crippen LogP contribution is -1.94. The van der Waals surface area contributed by atoms with Gasteiger partial charge in [0.15, 0.2) is 0 Å². The third-order valence-electron chi connectivity index (χ3n) is 0.871. The van der Waals surface area contributed by atoms with Crippen LogP contribution in [0.15, 0.2) is 24.8 Å². The van der Waals surface area contributed by atoms with Gasteiger partial charge in [-0.3, -0.25) is 4.79 Å². The van der Waals surface area contributed by atoms with Crippen molar-refractivity contribution >= 4 is 5.78 Å². The fraction of sp³-hybridized carbons (Fsp3) is 0.375. The fourth-order valence-electron chi connectivity index (χ4n) is 0.570. The van der Waals surface area contributed by atoms with Gasteiger partial charge in [0.1, 0.15) is 5.78 Å². The summed E-state index contributed by atoms with van der Waals surface area (Å²) in [5.74, 6) is 0.192. The smallest absolute Gasteiger partial charge is 0.140 e. The highest BCUT2D eigenvalue weighted by Gasteiger charge is 1.96. The molecule has 0 unspecified atom stereocenters. The first-order valence-electron chi connectivity index (χ1n) is 2.93. The molecular formula is C8H12O. The van der Waals surface area contributed by atoms with Crippen LogP contribution in [0.5, 0.6) is 0 Å². The number of Topliss-reactive ketones (excluding diaryl/α,β-unsaturated/α-hetero) is 1. The van der Waals surface area contributed by atoms with Gasteiger partial charge in [0, 0.05) is 12.8 Å². The number of rotatable bonds is 4. The summed E-state index contributed by atoms with van der Waals surface area (Å²) in [5, 5.41) is 0. The van der Waals surface area contributed by atoms with Crippen molar-refractivity contribution in [2.24, 2.45) is 0 Å². The molecule has 0 aliphatic rings. The lowest BCUT2D eigenvalue weighted by Gasteiger charge is -1.93. The van der Waals surface area contributed by atoms with Crippen LogP contribution in [0.2, 0.25) is 0 Å². The highest BCUT2D eigenvalue weighted by Crippen LogP contribution is 1.98. The summed E-state index contributed by atoms with van der Waals surface area (Å²) < 4.78 is 0. The van der Waals surface area contributed by atoms with E-state index in [1.165, 1.54) is 0 Å². The van der Waals surface area contributed by atoms with E-state index in [-0.39, 0.29) is 5.78 Å². The molecule has 9 heavy (non-hydrogen) atoms. The number of carbonyl (C=O) groups is 1. The van der Waals surface area contributed by atoms with Gasteiger partial charge in [-0.2, -0.15) is 0 Å². The van der Waals surface area contributed by atoms with Crippen molar-refractivity contribution < 1.29 is 4.79 Å². The molecule has 0 N–H and O–H groups in total. The number of allylic oxidation sites excluding steroid dienone is 2. The normalized spacial score (nSPS) is 8.56. The van der Waals surface area contributed by atoms with Crippen LogP contribution in [-0.2, 0) is 4.79 Å². The summed E-state index contributed by atoms with van der Waals surface area (Å²) in [6, 6.07) is 0. The molecule has 50 valence electrons. The number of ketones is 1. The second-order valence-electron chi connectivity index (χ2n) is 2.17. The molecular weight excluding hydrogens is 112 g/mol. The van der Waals surface area contributed by atoms with E-state index < -0.39 is 0 Å². The molecule has 0 rings (SSSR count). The minimum absolute atomic E-state index is 0.192. The quantitative estimate of drug-likeness (QED) is 0.524. The van der Waals surface area contributed by atoms with Crippen molar-refractivity contribution in [1.29, 1.82) is 0 Å². The first-order valence-corrected chi connectivity index (χ1v) is 2.93. The Kier molecular flexibility index (Phi) is 3.69. The molecule has 0 bridgehead atoms. The number of carbonyl (C=O) groups excluding carboxylic acids is 1. The first-order chi connectivity index (χ1) is 4.16.